The van der Waals surface area contributed by atoms with Crippen LogP contribution in [-0.4, -0.2) is 123 Å². The molecule has 0 aliphatic heterocycles. The Kier molecular flexibility index (Phi) is 17.4. The molecule has 29 nitrogen and oxygen atoms in total. The van der Waals surface area contributed by atoms with Gasteiger partial charge in [0, 0.05) is 40.2 Å². The number of halogens is 1. The Balaban J connectivity index is 1.37. The Bertz CT molecular complexity index is 4380. The minimum atomic E-state index is -5.08. The molecule has 1 aromatic heterocycles. The van der Waals surface area contributed by atoms with E-state index in [1.54, 1.807) is 0 Å². The number of azo groups is 2. The van der Waals surface area contributed by atoms with Gasteiger partial charge < -0.3 is 26.2 Å². The maximum Gasteiger partial charge on any atom is 0.299 e. The summed E-state index contributed by atoms with van der Waals surface area (Å²) in [6.45, 7) is -0.0497. The van der Waals surface area contributed by atoms with Crippen molar-refractivity contribution in [2.75, 3.05) is 64.3 Å². The van der Waals surface area contributed by atoms with Gasteiger partial charge in [0.2, 0.25) is 17.2 Å². The lowest BCUT2D eigenvalue weighted by Gasteiger charge is -2.16. The van der Waals surface area contributed by atoms with Gasteiger partial charge in [-0.3, -0.25) is 21.3 Å². The van der Waals surface area contributed by atoms with E-state index in [0.29, 0.717) is 0 Å². The molecule has 7 aromatic rings. The first-order valence-electron chi connectivity index (χ1n) is 21.6. The maximum atomic E-state index is 13.6. The molecule has 0 amide bonds. The lowest BCUT2D eigenvalue weighted by molar-refractivity contribution is 0.217. The summed E-state index contributed by atoms with van der Waals surface area (Å²) in [4.78, 5) is 9.57. The molecule has 420 valence electrons. The monoisotopic (exact) mass is 1230 g/mol. The quantitative estimate of drug-likeness (QED) is 0.0207. The predicted molar refractivity (Wildman–Crippen MR) is 283 cm³/mol. The summed E-state index contributed by atoms with van der Waals surface area (Å²) in [7, 11) is -23.0. The van der Waals surface area contributed by atoms with Crippen LogP contribution in [0.1, 0.15) is 5.56 Å². The van der Waals surface area contributed by atoms with E-state index in [9.17, 15) is 60.2 Å². The molecule has 0 bridgehead atoms. The fourth-order valence-corrected chi connectivity index (χ4v) is 12.9. The Morgan fingerprint density at radius 2 is 1.16 bits per heavy atom. The molecule has 6 aromatic carbocycles. The molecule has 1 heterocycles. The van der Waals surface area contributed by atoms with Crippen molar-refractivity contribution in [3.63, 3.8) is 0 Å². The van der Waals surface area contributed by atoms with E-state index in [1.807, 2.05) is 0 Å². The predicted octanol–water partition coefficient (Wildman–Crippen LogP) is 6.59. The van der Waals surface area contributed by atoms with Gasteiger partial charge in [-0.05, 0) is 72.3 Å². The molecule has 0 atom stereocenters. The summed E-state index contributed by atoms with van der Waals surface area (Å²) in [5, 5.41) is 31.6. The summed E-state index contributed by atoms with van der Waals surface area (Å²) in [6, 6.07) is 16.3. The molecule has 0 radical (unpaired) electrons. The number of phenols is 1. The van der Waals surface area contributed by atoms with Crippen molar-refractivity contribution < 1.29 is 81.6 Å². The second kappa shape index (κ2) is 23.0. The lowest BCUT2D eigenvalue weighted by atomic mass is 10.0. The van der Waals surface area contributed by atoms with E-state index in [-0.39, 0.29) is 56.6 Å². The number of ether oxygens (including phenoxy) is 1. The number of benzene rings is 6. The van der Waals surface area contributed by atoms with Crippen molar-refractivity contribution in [1.29, 1.82) is 0 Å². The molecule has 0 aliphatic carbocycles. The fraction of sp³-hybridized carbons (Fsp3) is 0.186. The zero-order chi connectivity index (χ0) is 58.0. The zero-order valence-corrected chi connectivity index (χ0v) is 46.7. The van der Waals surface area contributed by atoms with E-state index in [0.717, 1.165) is 70.9 Å². The lowest BCUT2D eigenvalue weighted by Crippen LogP contribution is -2.11. The summed E-state index contributed by atoms with van der Waals surface area (Å²) < 4.78 is 190. The third-order valence-corrected chi connectivity index (χ3v) is 18.9. The number of rotatable bonds is 22. The number of phenolic OH excluding ortho intramolecular Hbond substituents is 1. The average Bonchev–Trinajstić information content (AvgIpc) is 3.58. The number of hydrogen-bond acceptors (Lipinski definition) is 28. The van der Waals surface area contributed by atoms with Gasteiger partial charge in [0.1, 0.15) is 48.1 Å². The van der Waals surface area contributed by atoms with Crippen molar-refractivity contribution in [3.05, 3.63) is 95.8 Å². The van der Waals surface area contributed by atoms with Crippen molar-refractivity contribution >= 4 is 145 Å². The van der Waals surface area contributed by atoms with Gasteiger partial charge >= 0.3 is 0 Å². The number of nitrogens with one attached hydrogen (secondary N) is 2. The largest absolute Gasteiger partial charge is 0.505 e. The van der Waals surface area contributed by atoms with Crippen LogP contribution >= 0.6 is 11.6 Å². The van der Waals surface area contributed by atoms with Gasteiger partial charge in [0.05, 0.1) is 56.8 Å². The van der Waals surface area contributed by atoms with Crippen molar-refractivity contribution in [3.8, 4) is 5.75 Å². The second-order valence-electron chi connectivity index (χ2n) is 15.9. The minimum absolute atomic E-state index is 0.00456. The Morgan fingerprint density at radius 3 is 1.78 bits per heavy atom. The highest BCUT2D eigenvalue weighted by Crippen LogP contribution is 2.49. The first-order valence-corrected chi connectivity index (χ1v) is 30.9. The molecular formula is C43H41ClN10O19S6. The fourth-order valence-electron chi connectivity index (χ4n) is 7.39. The van der Waals surface area contributed by atoms with E-state index in [4.69, 9.17) is 34.6 Å². The number of nitrogen functional groups attached to an aromatic ring is 1. The number of anilines is 5. The van der Waals surface area contributed by atoms with Gasteiger partial charge in [-0.15, -0.1) is 20.5 Å². The Morgan fingerprint density at radius 1 is 0.582 bits per heavy atom. The van der Waals surface area contributed by atoms with Crippen LogP contribution in [0.4, 0.5) is 51.7 Å². The zero-order valence-electron chi connectivity index (χ0n) is 41.1. The van der Waals surface area contributed by atoms with E-state index < -0.39 is 136 Å². The number of sulfone groups is 1. The van der Waals surface area contributed by atoms with Gasteiger partial charge in [0.15, 0.2) is 15.6 Å². The van der Waals surface area contributed by atoms with Gasteiger partial charge in [-0.25, -0.2) is 8.42 Å². The molecule has 0 aliphatic rings. The normalized spacial score (nSPS) is 13.0. The SMILES string of the molecule is COCCS(=O)(=O)c1cccc(Nc2nc(Cl)nc(Nc3ccc(S(=O)(=O)OC)c(N=Nc4cc(S(=O)(=O)OC)c5cc(CS(=O)(=O)O)c(N=Nc6ccc7c(S(=O)(=O)OC)cccc7c6S(=O)(=O)OC)c(O)c5c4N)c3)n2)c1. The van der Waals surface area contributed by atoms with Gasteiger partial charge in [-0.1, -0.05) is 24.3 Å². The number of methoxy groups -OCH3 is 1. The number of aromatic hydroxyl groups is 1. The highest BCUT2D eigenvalue weighted by atomic mass is 35.5. The highest BCUT2D eigenvalue weighted by Gasteiger charge is 2.30. The van der Waals surface area contributed by atoms with Crippen molar-refractivity contribution in [1.82, 2.24) is 15.0 Å². The number of aromatic nitrogens is 3. The van der Waals surface area contributed by atoms with E-state index >= 15 is 0 Å². The number of nitrogens with zero attached hydrogens (tertiary/aromatic N) is 7. The molecule has 36 heteroatoms. The third kappa shape index (κ3) is 13.0. The molecule has 0 saturated carbocycles. The number of nitrogens with two attached hydrogens (primary N) is 1. The van der Waals surface area contributed by atoms with Crippen molar-refractivity contribution in [2.24, 2.45) is 20.5 Å². The number of hydrogen-bond donors (Lipinski definition) is 5. The molecular weight excluding hydrogens is 1190 g/mol. The minimum Gasteiger partial charge on any atom is -0.505 e. The summed E-state index contributed by atoms with van der Waals surface area (Å²) in [5.74, 6) is -3.24. The molecule has 7 rings (SSSR count). The van der Waals surface area contributed by atoms with Crippen LogP contribution in [0.3, 0.4) is 0 Å². The van der Waals surface area contributed by atoms with Crippen molar-refractivity contribution in [2.45, 2.75) is 30.2 Å². The van der Waals surface area contributed by atoms with Crippen LogP contribution < -0.4 is 16.4 Å². The van der Waals surface area contributed by atoms with Crippen LogP contribution in [0.25, 0.3) is 21.5 Å². The van der Waals surface area contributed by atoms with Crippen LogP contribution in [0, 0.1) is 0 Å². The smallest absolute Gasteiger partial charge is 0.299 e. The van der Waals surface area contributed by atoms with Crippen LogP contribution in [0.15, 0.2) is 130 Å². The molecule has 79 heavy (non-hydrogen) atoms. The van der Waals surface area contributed by atoms with Gasteiger partial charge in [-0.2, -0.15) is 57.0 Å². The summed E-state index contributed by atoms with van der Waals surface area (Å²) in [5.41, 5.74) is 2.93. The summed E-state index contributed by atoms with van der Waals surface area (Å²) >= 11 is 6.22. The van der Waals surface area contributed by atoms with Crippen LogP contribution in [0.2, 0.25) is 5.28 Å². The topological polar surface area (TPSA) is 430 Å². The highest BCUT2D eigenvalue weighted by molar-refractivity contribution is 7.91. The molecule has 0 saturated heterocycles. The first-order chi connectivity index (χ1) is 37.0. The molecule has 0 unspecified atom stereocenters. The van der Waals surface area contributed by atoms with Gasteiger partial charge in [0.25, 0.3) is 50.6 Å². The second-order valence-corrected chi connectivity index (χ2v) is 26.5. The van der Waals surface area contributed by atoms with Crippen LogP contribution in [-0.2, 0) is 87.6 Å². The Hall–Kier alpha value is -7.00. The average molecular weight is 1230 g/mol. The Labute approximate surface area is 455 Å². The first kappa shape index (κ1) is 59.7. The maximum absolute atomic E-state index is 13.6. The van der Waals surface area contributed by atoms with E-state index in [2.05, 4.69) is 50.2 Å². The molecule has 0 spiro atoms. The van der Waals surface area contributed by atoms with E-state index in [1.165, 1.54) is 49.6 Å². The number of fused-ring (bicyclic) bond motifs is 2. The van der Waals surface area contributed by atoms with Crippen LogP contribution in [0.5, 0.6) is 5.75 Å². The standard InChI is InChI=1S/C43H41ClN10O19S6/c1-69-16-17-74(56,57)26-9-6-8-24(19-26)46-42-48-41(44)49-43(50-42)47-25-12-15-34(77(63,64)71-3)31(20-25)52-53-32-21-35(78(65,66)72-4)29-18-23(22-75(58,59)60)38(39(55)36(29)37(32)45)54-51-30-14-13-27-28(40(30)79(67,68)73-5)10-7-11-33(27)76(61,62)70-2/h6-15,18-21,55H,16-17,22,45H2,1-5H3,(H,58,59,60)(H2,46,47,48,49,50). The summed E-state index contributed by atoms with van der Waals surface area (Å²) in [6.07, 6.45) is 0. The molecule has 0 fully saturated rings. The third-order valence-electron chi connectivity index (χ3n) is 11.0. The molecule has 6 N–H and O–H groups in total.